The Morgan fingerprint density at radius 2 is 1.00 bits per heavy atom. The van der Waals surface area contributed by atoms with E-state index in [1.165, 1.54) is 0 Å². The molecule has 0 bridgehead atoms. The molecule has 4 heavy (non-hydrogen) atoms. The average molecular weight is 393 g/mol. The van der Waals surface area contributed by atoms with Crippen molar-refractivity contribution in [3.8, 4) is 0 Å². The fourth-order valence-electron chi connectivity index (χ4n) is 0. The van der Waals surface area contributed by atoms with Gasteiger partial charge in [0, 0.05) is 0 Å². The van der Waals surface area contributed by atoms with E-state index in [9.17, 15) is 0 Å². The Morgan fingerprint density at radius 3 is 1.00 bits per heavy atom. The van der Waals surface area contributed by atoms with Crippen molar-refractivity contribution in [2.75, 3.05) is 0 Å². The summed E-state index contributed by atoms with van der Waals surface area (Å²) in [6.07, 6.45) is 0. The minimum absolute atomic E-state index is 0. The van der Waals surface area contributed by atoms with Crippen LogP contribution in [0, 0.1) is 0 Å². The molecule has 0 aliphatic heterocycles. The SMILES string of the molecule is [AlH3].[AsH3].[BiH3].[GaH3]. The first-order valence-electron chi connectivity index (χ1n) is 0. The molecule has 0 aliphatic carbocycles. The summed E-state index contributed by atoms with van der Waals surface area (Å²) in [5, 5.41) is 0. The minimum atomic E-state index is 0. The van der Waals surface area contributed by atoms with Gasteiger partial charge in [0.05, 0.1) is 0 Å². The molecule has 0 fully saturated rings. The van der Waals surface area contributed by atoms with E-state index in [4.69, 9.17) is 0 Å². The zero-order valence-corrected chi connectivity index (χ0v) is 9.88. The van der Waals surface area contributed by atoms with Gasteiger partial charge in [-0.1, -0.05) is 0 Å². The van der Waals surface area contributed by atoms with Gasteiger partial charge < -0.3 is 0 Å². The van der Waals surface area contributed by atoms with E-state index >= 15 is 0 Å². The molecule has 0 aliphatic rings. The molecule has 28 valence electrons. The fraction of sp³-hybridized carbons (Fsp3) is 0. The molecule has 0 saturated carbocycles. The van der Waals surface area contributed by atoms with Crippen molar-refractivity contribution in [3.63, 3.8) is 0 Å². The van der Waals surface area contributed by atoms with Crippen LogP contribution in [0.4, 0.5) is 0 Å². The molecule has 0 nitrogen and oxygen atoms in total. The molecule has 0 spiro atoms. The molecule has 1 unspecified atom stereocenters. The molecule has 0 rings (SSSR count). The van der Waals surface area contributed by atoms with Crippen molar-refractivity contribution in [3.05, 3.63) is 0 Å². The molecule has 0 amide bonds. The first-order chi connectivity index (χ1) is 0. The summed E-state index contributed by atoms with van der Waals surface area (Å²) in [6.45, 7) is 0. The predicted octanol–water partition coefficient (Wildman–Crippen LogP) is -4.74. The summed E-state index contributed by atoms with van der Waals surface area (Å²) < 4.78 is 0. The van der Waals surface area contributed by atoms with Crippen molar-refractivity contribution in [1.82, 2.24) is 0 Å². The zero-order valence-electron chi connectivity index (χ0n) is 1.41. The van der Waals surface area contributed by atoms with E-state index < -0.39 is 0 Å². The molecular formula is H12AlAsBiGa. The molecule has 0 heterocycles. The Balaban J connectivity index is 0. The molecule has 0 aromatic rings. The Morgan fingerprint density at radius 1 is 1.00 bits per heavy atom. The molecule has 0 aromatic heterocycles. The summed E-state index contributed by atoms with van der Waals surface area (Å²) in [5.41, 5.74) is 0. The van der Waals surface area contributed by atoms with Crippen LogP contribution < -0.4 is 0 Å². The van der Waals surface area contributed by atoms with E-state index in [0.717, 1.165) is 0 Å². The van der Waals surface area contributed by atoms with Gasteiger partial charge in [-0.3, -0.25) is 0 Å². The van der Waals surface area contributed by atoms with Crippen LogP contribution in [0.5, 0.6) is 0 Å². The molecule has 0 aromatic carbocycles. The molecular weight excluding hydrogens is 381 g/mol. The third-order valence-electron chi connectivity index (χ3n) is 0. The van der Waals surface area contributed by atoms with Gasteiger partial charge in [0.2, 0.25) is 0 Å². The summed E-state index contributed by atoms with van der Waals surface area (Å²) in [4.78, 5) is 0. The fourth-order valence-corrected chi connectivity index (χ4v) is 0. The second kappa shape index (κ2) is 17.5. The zero-order chi connectivity index (χ0) is 0. The van der Waals surface area contributed by atoms with Gasteiger partial charge >= 0.3 is 63.9 Å². The molecule has 0 N–H and O–H groups in total. The summed E-state index contributed by atoms with van der Waals surface area (Å²) in [5.74, 6) is 0. The third-order valence-corrected chi connectivity index (χ3v) is 0. The van der Waals surface area contributed by atoms with Gasteiger partial charge in [-0.25, -0.2) is 0 Å². The van der Waals surface area contributed by atoms with Crippen molar-refractivity contribution >= 4 is 81.3 Å². The van der Waals surface area contributed by atoms with Crippen LogP contribution in [0.25, 0.3) is 0 Å². The predicted molar refractivity (Wildman–Crippen MR) is 39.8 cm³/mol. The number of hydrogen-bond acceptors (Lipinski definition) is 0. The van der Waals surface area contributed by atoms with Crippen LogP contribution in [0.2, 0.25) is 0 Å². The first-order valence-corrected chi connectivity index (χ1v) is 0. The van der Waals surface area contributed by atoms with E-state index in [0.29, 0.717) is 0 Å². The van der Waals surface area contributed by atoms with Crippen molar-refractivity contribution < 1.29 is 0 Å². The van der Waals surface area contributed by atoms with E-state index in [-0.39, 0.29) is 81.3 Å². The van der Waals surface area contributed by atoms with Crippen molar-refractivity contribution in [2.45, 2.75) is 0 Å². The molecule has 1 atom stereocenters. The maximum absolute atomic E-state index is 0. The topological polar surface area (TPSA) is 0 Å². The Bertz CT molecular complexity index is 8.00. The number of rotatable bonds is 0. The van der Waals surface area contributed by atoms with Crippen molar-refractivity contribution in [1.29, 1.82) is 0 Å². The summed E-state index contributed by atoms with van der Waals surface area (Å²) in [7, 11) is 0. The van der Waals surface area contributed by atoms with Gasteiger partial charge in [-0.2, -0.15) is 0 Å². The normalized spacial score (nSPS) is 0. The summed E-state index contributed by atoms with van der Waals surface area (Å²) in [6, 6.07) is 0. The first kappa shape index (κ1) is 30.5. The molecule has 0 saturated heterocycles. The monoisotopic (exact) mass is 392 g/mol. The van der Waals surface area contributed by atoms with Crippen LogP contribution >= 0.6 is 0 Å². The van der Waals surface area contributed by atoms with Gasteiger partial charge in [-0.05, 0) is 0 Å². The van der Waals surface area contributed by atoms with Crippen LogP contribution in [0.1, 0.15) is 0 Å². The van der Waals surface area contributed by atoms with Crippen LogP contribution in [0.15, 0.2) is 0 Å². The van der Waals surface area contributed by atoms with Crippen LogP contribution in [0.3, 0.4) is 0 Å². The Labute approximate surface area is 80.1 Å². The van der Waals surface area contributed by atoms with Crippen LogP contribution in [-0.2, 0) is 0 Å². The van der Waals surface area contributed by atoms with Gasteiger partial charge in [-0.15, -0.1) is 0 Å². The van der Waals surface area contributed by atoms with Crippen molar-refractivity contribution in [2.24, 2.45) is 0 Å². The molecule has 4 heteroatoms. The second-order valence-electron chi connectivity index (χ2n) is 0. The average Bonchev–Trinajstić information content (AvgIpc) is 0. The summed E-state index contributed by atoms with van der Waals surface area (Å²) >= 11 is 0. The Hall–Kier alpha value is 2.61. The van der Waals surface area contributed by atoms with E-state index in [1.807, 2.05) is 0 Å². The second-order valence-corrected chi connectivity index (χ2v) is 0. The maximum atomic E-state index is 0. The van der Waals surface area contributed by atoms with E-state index in [1.54, 1.807) is 0 Å². The number of hydrogen-bond donors (Lipinski definition) is 0. The van der Waals surface area contributed by atoms with Gasteiger partial charge in [0.15, 0.2) is 17.4 Å². The molecule has 0 radical (unpaired) electrons. The standard InChI is InChI=1S/Al.AsH3.Bi.Ga.9H/h;1H3;;;;;;;;;;;. The Kier molecular flexibility index (Phi) is 134. The van der Waals surface area contributed by atoms with Gasteiger partial charge in [0.25, 0.3) is 0 Å². The van der Waals surface area contributed by atoms with E-state index in [2.05, 4.69) is 0 Å². The van der Waals surface area contributed by atoms with Gasteiger partial charge in [0.1, 0.15) is 0 Å². The van der Waals surface area contributed by atoms with Crippen LogP contribution in [-0.4, -0.2) is 81.3 Å². The third kappa shape index (κ3) is 8.82. The quantitative estimate of drug-likeness (QED) is 0.363.